The van der Waals surface area contributed by atoms with Crippen LogP contribution in [0.3, 0.4) is 0 Å². The SMILES string of the molecule is CC1CCOCCOCCOc2ccccc2-c2coc(c2)-c2nc(cnc2N)-c2ccc(cc2)S1(=O)=O. The molecule has 0 radical (unpaired) electrons. The minimum Gasteiger partial charge on any atom is -0.491 e. The quantitative estimate of drug-likeness (QED) is 0.321. The van der Waals surface area contributed by atoms with Crippen LogP contribution in [0.1, 0.15) is 13.3 Å². The third-order valence-corrected chi connectivity index (χ3v) is 8.59. The van der Waals surface area contributed by atoms with Gasteiger partial charge in [-0.25, -0.2) is 18.4 Å². The molecule has 0 spiro atoms. The largest absolute Gasteiger partial charge is 0.491 e. The lowest BCUT2D eigenvalue weighted by Crippen LogP contribution is -2.20. The molecule has 10 heteroatoms. The molecular formula is C28H29N3O6S. The molecule has 1 atom stereocenters. The van der Waals surface area contributed by atoms with Gasteiger partial charge in [0.25, 0.3) is 0 Å². The number of furan rings is 1. The topological polar surface area (TPSA) is 127 Å². The van der Waals surface area contributed by atoms with Gasteiger partial charge in [-0.05, 0) is 37.6 Å². The van der Waals surface area contributed by atoms with Crippen LogP contribution in [0.5, 0.6) is 5.75 Å². The zero-order chi connectivity index (χ0) is 26.5. The molecular weight excluding hydrogens is 506 g/mol. The summed E-state index contributed by atoms with van der Waals surface area (Å²) in [4.78, 5) is 9.23. The van der Waals surface area contributed by atoms with Gasteiger partial charge in [0.1, 0.15) is 18.1 Å². The van der Waals surface area contributed by atoms with Crippen LogP contribution in [0.25, 0.3) is 33.8 Å². The van der Waals surface area contributed by atoms with Crippen molar-refractivity contribution >= 4 is 15.7 Å². The highest BCUT2D eigenvalue weighted by Crippen LogP contribution is 2.35. The maximum absolute atomic E-state index is 13.1. The first-order valence-corrected chi connectivity index (χ1v) is 13.9. The van der Waals surface area contributed by atoms with Crippen molar-refractivity contribution < 1.29 is 27.0 Å². The van der Waals surface area contributed by atoms with Crippen molar-refractivity contribution in [2.45, 2.75) is 23.5 Å². The first kappa shape index (κ1) is 25.9. The Kier molecular flexibility index (Phi) is 7.73. The average Bonchev–Trinajstić information content (AvgIpc) is 3.42. The molecule has 4 heterocycles. The van der Waals surface area contributed by atoms with E-state index in [0.717, 1.165) is 11.1 Å². The van der Waals surface area contributed by atoms with Crippen LogP contribution >= 0.6 is 0 Å². The summed E-state index contributed by atoms with van der Waals surface area (Å²) < 4.78 is 49.1. The van der Waals surface area contributed by atoms with E-state index in [9.17, 15) is 8.42 Å². The number of rotatable bonds is 0. The number of sulfone groups is 1. The highest BCUT2D eigenvalue weighted by molar-refractivity contribution is 7.92. The molecule has 1 unspecified atom stereocenters. The highest BCUT2D eigenvalue weighted by atomic mass is 32.2. The van der Waals surface area contributed by atoms with E-state index in [1.54, 1.807) is 43.6 Å². The third-order valence-electron chi connectivity index (χ3n) is 6.37. The van der Waals surface area contributed by atoms with Crippen molar-refractivity contribution in [3.8, 4) is 39.6 Å². The van der Waals surface area contributed by atoms with Gasteiger partial charge in [0.05, 0.1) is 48.1 Å². The van der Waals surface area contributed by atoms with Crippen molar-refractivity contribution in [1.82, 2.24) is 9.97 Å². The number of hydrogen-bond acceptors (Lipinski definition) is 9. The molecule has 38 heavy (non-hydrogen) atoms. The van der Waals surface area contributed by atoms with Gasteiger partial charge in [0, 0.05) is 23.3 Å². The number of para-hydroxylation sites is 1. The van der Waals surface area contributed by atoms with E-state index >= 15 is 0 Å². The summed E-state index contributed by atoms with van der Waals surface area (Å²) in [6, 6.07) is 16.1. The number of hydrogen-bond donors (Lipinski definition) is 1. The minimum absolute atomic E-state index is 0.220. The van der Waals surface area contributed by atoms with E-state index in [2.05, 4.69) is 9.97 Å². The minimum atomic E-state index is -3.52. The molecule has 2 aliphatic rings. The molecule has 0 saturated heterocycles. The van der Waals surface area contributed by atoms with Crippen LogP contribution in [-0.4, -0.2) is 56.7 Å². The van der Waals surface area contributed by atoms with Crippen LogP contribution in [-0.2, 0) is 19.3 Å². The van der Waals surface area contributed by atoms with Gasteiger partial charge in [0.2, 0.25) is 0 Å². The van der Waals surface area contributed by atoms with Crippen LogP contribution in [0.2, 0.25) is 0 Å². The second-order valence-electron chi connectivity index (χ2n) is 8.93. The second kappa shape index (κ2) is 11.3. The predicted octanol–water partition coefficient (Wildman–Crippen LogP) is 4.63. The predicted molar refractivity (Wildman–Crippen MR) is 143 cm³/mol. The fourth-order valence-electron chi connectivity index (χ4n) is 4.14. The van der Waals surface area contributed by atoms with Gasteiger partial charge < -0.3 is 24.4 Å². The summed E-state index contributed by atoms with van der Waals surface area (Å²) in [5.74, 6) is 1.37. The zero-order valence-electron chi connectivity index (χ0n) is 21.0. The lowest BCUT2D eigenvalue weighted by Gasteiger charge is -2.14. The van der Waals surface area contributed by atoms with Crippen molar-refractivity contribution in [1.29, 1.82) is 0 Å². The van der Waals surface area contributed by atoms with E-state index in [4.69, 9.17) is 24.4 Å². The van der Waals surface area contributed by atoms with Crippen molar-refractivity contribution in [2.75, 3.05) is 38.8 Å². The average molecular weight is 536 g/mol. The number of ether oxygens (including phenoxy) is 3. The van der Waals surface area contributed by atoms with Crippen LogP contribution < -0.4 is 10.5 Å². The lowest BCUT2D eigenvalue weighted by molar-refractivity contribution is 0.0358. The summed E-state index contributed by atoms with van der Waals surface area (Å²) in [6.07, 6.45) is 3.55. The molecule has 2 aromatic carbocycles. The summed E-state index contributed by atoms with van der Waals surface area (Å²) in [5, 5.41) is -0.597. The number of benzene rings is 2. The number of nitrogens with zero attached hydrogens (tertiary/aromatic N) is 2. The van der Waals surface area contributed by atoms with Crippen LogP contribution in [0.15, 0.2) is 76.4 Å². The van der Waals surface area contributed by atoms with E-state index < -0.39 is 15.1 Å². The van der Waals surface area contributed by atoms with Gasteiger partial charge in [-0.3, -0.25) is 0 Å². The Hall–Kier alpha value is -3.73. The fourth-order valence-corrected chi connectivity index (χ4v) is 5.52. The molecule has 4 aromatic rings. The van der Waals surface area contributed by atoms with Gasteiger partial charge in [-0.1, -0.05) is 30.3 Å². The number of nitrogen functional groups attached to an aromatic ring is 1. The van der Waals surface area contributed by atoms with Crippen LogP contribution in [0.4, 0.5) is 5.82 Å². The zero-order valence-corrected chi connectivity index (χ0v) is 21.8. The summed E-state index contributed by atoms with van der Waals surface area (Å²) in [6.45, 7) is 3.51. The maximum Gasteiger partial charge on any atom is 0.181 e. The normalized spacial score (nSPS) is 18.3. The number of anilines is 1. The molecule has 0 aliphatic carbocycles. The Bertz CT molecular complexity index is 1500. The third kappa shape index (κ3) is 5.57. The molecule has 2 N–H and O–H groups in total. The number of aromatic nitrogens is 2. The van der Waals surface area contributed by atoms with Gasteiger partial charge in [0.15, 0.2) is 21.4 Å². The Labute approximate surface area is 221 Å². The van der Waals surface area contributed by atoms with Crippen molar-refractivity contribution in [3.05, 3.63) is 67.1 Å². The first-order chi connectivity index (χ1) is 18.4. The standard InChI is InChI=1S/C28H29N3O6S/c1-19-10-11-34-12-13-35-14-15-36-25-5-3-2-4-23(25)21-16-26(37-18-21)27-28(29)30-17-24(31-27)20-6-8-22(9-7-20)38(19,32)33/h2-9,16-19H,10-15H2,1H3,(H2,29,30). The van der Waals surface area contributed by atoms with Gasteiger partial charge >= 0.3 is 0 Å². The van der Waals surface area contributed by atoms with Crippen molar-refractivity contribution in [2.24, 2.45) is 0 Å². The Morgan fingerprint density at radius 3 is 2.47 bits per heavy atom. The molecule has 0 saturated carbocycles. The maximum atomic E-state index is 13.1. The molecule has 6 rings (SSSR count). The monoisotopic (exact) mass is 535 g/mol. The summed E-state index contributed by atoms with van der Waals surface area (Å²) in [5.41, 5.74) is 9.46. The summed E-state index contributed by atoms with van der Waals surface area (Å²) >= 11 is 0. The molecule has 0 fully saturated rings. The number of fused-ring (bicyclic) bond motifs is 12. The van der Waals surface area contributed by atoms with E-state index in [-0.39, 0.29) is 10.7 Å². The molecule has 198 valence electrons. The van der Waals surface area contributed by atoms with Crippen molar-refractivity contribution in [3.63, 3.8) is 0 Å². The Morgan fingerprint density at radius 1 is 0.921 bits per heavy atom. The van der Waals surface area contributed by atoms with Crippen LogP contribution in [0, 0.1) is 0 Å². The first-order valence-electron chi connectivity index (χ1n) is 12.4. The molecule has 0 amide bonds. The Morgan fingerprint density at radius 2 is 1.66 bits per heavy atom. The molecule has 6 bridgehead atoms. The van der Waals surface area contributed by atoms with E-state index in [1.807, 2.05) is 30.3 Å². The lowest BCUT2D eigenvalue weighted by atomic mass is 10.1. The van der Waals surface area contributed by atoms with E-state index in [1.165, 1.54) is 0 Å². The molecule has 2 aliphatic heterocycles. The van der Waals surface area contributed by atoms with E-state index in [0.29, 0.717) is 67.9 Å². The number of nitrogens with two attached hydrogens (primary N) is 1. The van der Waals surface area contributed by atoms with Gasteiger partial charge in [-0.2, -0.15) is 0 Å². The molecule has 9 nitrogen and oxygen atoms in total. The van der Waals surface area contributed by atoms with Gasteiger partial charge in [-0.15, -0.1) is 0 Å². The smallest absolute Gasteiger partial charge is 0.181 e. The summed E-state index contributed by atoms with van der Waals surface area (Å²) in [7, 11) is -3.52. The molecule has 2 aromatic heterocycles. The second-order valence-corrected chi connectivity index (χ2v) is 11.3. The Balaban J connectivity index is 1.51. The fraction of sp³-hybridized carbons (Fsp3) is 0.286. The highest BCUT2D eigenvalue weighted by Gasteiger charge is 2.23.